The van der Waals surface area contributed by atoms with E-state index < -0.39 is 28.9 Å². The molecule has 0 unspecified atom stereocenters. The van der Waals surface area contributed by atoms with E-state index in [2.05, 4.69) is 15.1 Å². The molecule has 5 rings (SSSR count). The number of methoxy groups -OCH3 is 1. The van der Waals surface area contributed by atoms with E-state index >= 15 is 4.39 Å². The molecule has 0 saturated carbocycles. The van der Waals surface area contributed by atoms with Crippen LogP contribution in [0.25, 0.3) is 17.6 Å². The van der Waals surface area contributed by atoms with Gasteiger partial charge in [-0.1, -0.05) is 6.07 Å². The SMILES string of the molecule is COc1cc(/C=C(\F)c2nc3n(n2)CCC[C@]3(O)c2cc(F)c(F)c(F)c2)ccc1-n1cnc(C)c1. The lowest BCUT2D eigenvalue weighted by Gasteiger charge is -2.31. The third kappa shape index (κ3) is 4.05. The summed E-state index contributed by atoms with van der Waals surface area (Å²) in [5, 5.41) is 15.4. The standard InChI is InChI=1S/C25H21F4N5O2/c1-14-12-33(13-30-14)20-5-4-15(9-21(20)36-2)8-19(28)23-31-24-25(35,6-3-7-34(24)32-23)16-10-17(26)22(29)18(27)11-16/h4-5,8-13,35H,3,6-7H2,1-2H3/b19-8-/t25-/m0/s1. The molecule has 0 spiro atoms. The van der Waals surface area contributed by atoms with Gasteiger partial charge in [0.15, 0.2) is 29.1 Å². The molecule has 0 saturated heterocycles. The Kier molecular flexibility index (Phi) is 5.87. The molecule has 1 aliphatic rings. The van der Waals surface area contributed by atoms with Gasteiger partial charge in [-0.3, -0.25) is 0 Å². The molecule has 0 aliphatic carbocycles. The second kappa shape index (κ2) is 8.90. The van der Waals surface area contributed by atoms with E-state index in [1.165, 1.54) is 17.9 Å². The van der Waals surface area contributed by atoms with Crippen molar-refractivity contribution in [3.63, 3.8) is 0 Å². The van der Waals surface area contributed by atoms with Crippen LogP contribution in [0.3, 0.4) is 0 Å². The van der Waals surface area contributed by atoms with Crippen molar-refractivity contribution in [2.75, 3.05) is 7.11 Å². The van der Waals surface area contributed by atoms with Crippen LogP contribution in [0.15, 0.2) is 42.9 Å². The van der Waals surface area contributed by atoms with E-state index in [0.29, 0.717) is 36.4 Å². The van der Waals surface area contributed by atoms with Crippen molar-refractivity contribution in [2.45, 2.75) is 31.9 Å². The first kappa shape index (κ1) is 23.7. The minimum Gasteiger partial charge on any atom is -0.495 e. The molecule has 36 heavy (non-hydrogen) atoms. The van der Waals surface area contributed by atoms with E-state index in [1.54, 1.807) is 29.1 Å². The lowest BCUT2D eigenvalue weighted by Crippen LogP contribution is -2.36. The van der Waals surface area contributed by atoms with Crippen molar-refractivity contribution in [2.24, 2.45) is 0 Å². The van der Waals surface area contributed by atoms with Crippen LogP contribution in [0.5, 0.6) is 5.75 Å². The molecular formula is C25H21F4N5O2. The number of imidazole rings is 1. The molecule has 2 aromatic carbocycles. The van der Waals surface area contributed by atoms with Crippen LogP contribution in [0, 0.1) is 24.4 Å². The predicted octanol–water partition coefficient (Wildman–Crippen LogP) is 4.70. The van der Waals surface area contributed by atoms with E-state index in [-0.39, 0.29) is 23.6 Å². The van der Waals surface area contributed by atoms with Crippen LogP contribution in [-0.4, -0.2) is 36.5 Å². The maximum atomic E-state index is 15.2. The average Bonchev–Trinajstić information content (AvgIpc) is 3.49. The van der Waals surface area contributed by atoms with Gasteiger partial charge in [0.2, 0.25) is 5.82 Å². The Morgan fingerprint density at radius 1 is 1.17 bits per heavy atom. The molecule has 3 heterocycles. The summed E-state index contributed by atoms with van der Waals surface area (Å²) in [6, 6.07) is 6.50. The normalized spacial score (nSPS) is 17.8. The van der Waals surface area contributed by atoms with Crippen molar-refractivity contribution in [1.29, 1.82) is 0 Å². The Labute approximate surface area is 203 Å². The Hall–Kier alpha value is -3.99. The Balaban J connectivity index is 1.50. The monoisotopic (exact) mass is 499 g/mol. The molecule has 186 valence electrons. The molecule has 1 atom stereocenters. The van der Waals surface area contributed by atoms with Crippen LogP contribution >= 0.6 is 0 Å². The number of rotatable bonds is 5. The zero-order valence-corrected chi connectivity index (χ0v) is 19.3. The number of ether oxygens (including phenoxy) is 1. The first-order valence-electron chi connectivity index (χ1n) is 11.1. The van der Waals surface area contributed by atoms with E-state index in [4.69, 9.17) is 4.74 Å². The number of benzene rings is 2. The Morgan fingerprint density at radius 3 is 2.58 bits per heavy atom. The number of aliphatic hydroxyl groups is 1. The minimum atomic E-state index is -1.97. The highest BCUT2D eigenvalue weighted by Gasteiger charge is 2.41. The fraction of sp³-hybridized carbons (Fsp3) is 0.240. The summed E-state index contributed by atoms with van der Waals surface area (Å²) in [7, 11) is 1.50. The Bertz CT molecular complexity index is 1470. The molecule has 4 aromatic rings. The van der Waals surface area contributed by atoms with Crippen LogP contribution in [0.1, 0.15) is 41.3 Å². The van der Waals surface area contributed by atoms with Crippen LogP contribution in [0.2, 0.25) is 0 Å². The molecule has 1 N–H and O–H groups in total. The van der Waals surface area contributed by atoms with Gasteiger partial charge in [-0.25, -0.2) is 32.2 Å². The number of aromatic nitrogens is 5. The van der Waals surface area contributed by atoms with Gasteiger partial charge >= 0.3 is 0 Å². The molecular weight excluding hydrogens is 478 g/mol. The fourth-order valence-electron chi connectivity index (χ4n) is 4.33. The number of halogens is 4. The van der Waals surface area contributed by atoms with Gasteiger partial charge in [-0.2, -0.15) is 0 Å². The van der Waals surface area contributed by atoms with E-state index in [0.717, 1.165) is 11.4 Å². The quantitative estimate of drug-likeness (QED) is 0.318. The lowest BCUT2D eigenvalue weighted by molar-refractivity contribution is 0.0387. The molecule has 0 fully saturated rings. The van der Waals surface area contributed by atoms with E-state index in [9.17, 15) is 18.3 Å². The van der Waals surface area contributed by atoms with Crippen LogP contribution in [0.4, 0.5) is 17.6 Å². The number of nitrogens with zero attached hydrogens (tertiary/aromatic N) is 5. The van der Waals surface area contributed by atoms with Gasteiger partial charge in [0.1, 0.15) is 11.4 Å². The summed E-state index contributed by atoms with van der Waals surface area (Å²) in [5.41, 5.74) is -0.176. The highest BCUT2D eigenvalue weighted by Crippen LogP contribution is 2.38. The van der Waals surface area contributed by atoms with Crippen molar-refractivity contribution in [3.8, 4) is 11.4 Å². The highest BCUT2D eigenvalue weighted by atomic mass is 19.2. The van der Waals surface area contributed by atoms with Gasteiger partial charge in [0.25, 0.3) is 0 Å². The second-order valence-corrected chi connectivity index (χ2v) is 8.55. The first-order valence-corrected chi connectivity index (χ1v) is 11.1. The molecule has 2 aromatic heterocycles. The molecule has 0 amide bonds. The van der Waals surface area contributed by atoms with Gasteiger partial charge in [-0.15, -0.1) is 5.10 Å². The van der Waals surface area contributed by atoms with Crippen LogP contribution in [-0.2, 0) is 12.1 Å². The molecule has 0 radical (unpaired) electrons. The molecule has 1 aliphatic heterocycles. The zero-order chi connectivity index (χ0) is 25.6. The summed E-state index contributed by atoms with van der Waals surface area (Å²) in [5.74, 6) is -5.21. The number of hydrogen-bond acceptors (Lipinski definition) is 5. The number of fused-ring (bicyclic) bond motifs is 1. The lowest BCUT2D eigenvalue weighted by atomic mass is 9.86. The maximum absolute atomic E-state index is 15.2. The first-order chi connectivity index (χ1) is 17.2. The molecule has 7 nitrogen and oxygen atoms in total. The molecule has 0 bridgehead atoms. The predicted molar refractivity (Wildman–Crippen MR) is 122 cm³/mol. The maximum Gasteiger partial charge on any atom is 0.210 e. The summed E-state index contributed by atoms with van der Waals surface area (Å²) < 4.78 is 64.9. The van der Waals surface area contributed by atoms with Gasteiger partial charge in [0, 0.05) is 12.7 Å². The minimum absolute atomic E-state index is 0.0490. The highest BCUT2D eigenvalue weighted by molar-refractivity contribution is 5.75. The van der Waals surface area contributed by atoms with Crippen molar-refractivity contribution < 1.29 is 27.4 Å². The Morgan fingerprint density at radius 2 is 1.92 bits per heavy atom. The largest absolute Gasteiger partial charge is 0.495 e. The topological polar surface area (TPSA) is 78.0 Å². The molecule has 11 heteroatoms. The smallest absolute Gasteiger partial charge is 0.210 e. The van der Waals surface area contributed by atoms with Crippen molar-refractivity contribution in [1.82, 2.24) is 24.3 Å². The van der Waals surface area contributed by atoms with Crippen molar-refractivity contribution >= 4 is 11.9 Å². The third-order valence-corrected chi connectivity index (χ3v) is 6.11. The summed E-state index contributed by atoms with van der Waals surface area (Å²) in [6.45, 7) is 2.17. The second-order valence-electron chi connectivity index (χ2n) is 8.55. The summed E-state index contributed by atoms with van der Waals surface area (Å²) in [6.07, 6.45) is 5.11. The number of hydrogen-bond donors (Lipinski definition) is 1. The summed E-state index contributed by atoms with van der Waals surface area (Å²) in [4.78, 5) is 8.34. The average molecular weight is 499 g/mol. The summed E-state index contributed by atoms with van der Waals surface area (Å²) >= 11 is 0. The van der Waals surface area contributed by atoms with Crippen LogP contribution < -0.4 is 4.74 Å². The third-order valence-electron chi connectivity index (χ3n) is 6.11. The zero-order valence-electron chi connectivity index (χ0n) is 19.3. The van der Waals surface area contributed by atoms with E-state index in [1.807, 2.05) is 13.1 Å². The van der Waals surface area contributed by atoms with Gasteiger partial charge in [-0.05, 0) is 61.2 Å². The fourth-order valence-corrected chi connectivity index (χ4v) is 4.33. The number of aryl methyl sites for hydroxylation is 2. The van der Waals surface area contributed by atoms with Gasteiger partial charge in [0.05, 0.1) is 24.8 Å². The van der Waals surface area contributed by atoms with Gasteiger partial charge < -0.3 is 14.4 Å². The van der Waals surface area contributed by atoms with Crippen molar-refractivity contribution in [3.05, 3.63) is 88.8 Å².